The minimum Gasteiger partial charge on any atom is -0.497 e. The molecule has 0 amide bonds. The first kappa shape index (κ1) is 15.0. The molecule has 0 aliphatic rings. The molecule has 1 unspecified atom stereocenters. The number of nitrogens with one attached hydrogen (secondary N) is 1. The van der Waals surface area contributed by atoms with E-state index in [4.69, 9.17) is 4.74 Å². The van der Waals surface area contributed by atoms with Crippen molar-refractivity contribution < 1.29 is 4.74 Å². The van der Waals surface area contributed by atoms with Gasteiger partial charge in [0, 0.05) is 19.1 Å². The van der Waals surface area contributed by atoms with Crippen LogP contribution in [0.15, 0.2) is 24.3 Å². The van der Waals surface area contributed by atoms with E-state index >= 15 is 0 Å². The molecule has 0 aromatic heterocycles. The van der Waals surface area contributed by atoms with Crippen molar-refractivity contribution in [2.75, 3.05) is 27.7 Å². The summed E-state index contributed by atoms with van der Waals surface area (Å²) in [5.41, 5.74) is 1.30. The van der Waals surface area contributed by atoms with Crippen molar-refractivity contribution in [3.8, 4) is 5.75 Å². The summed E-state index contributed by atoms with van der Waals surface area (Å²) in [6, 6.07) is 8.89. The van der Waals surface area contributed by atoms with Crippen molar-refractivity contribution in [3.05, 3.63) is 29.8 Å². The summed E-state index contributed by atoms with van der Waals surface area (Å²) in [4.78, 5) is 2.41. The Balaban J connectivity index is 2.62. The molecule has 1 atom stereocenters. The molecule has 1 aromatic rings. The molecular formula is C15H26N2O. The molecule has 0 radical (unpaired) electrons. The Morgan fingerprint density at radius 2 is 2.17 bits per heavy atom. The predicted octanol–water partition coefficient (Wildman–Crippen LogP) is 2.52. The van der Waals surface area contributed by atoms with Crippen molar-refractivity contribution in [2.45, 2.75) is 32.4 Å². The first-order chi connectivity index (χ1) is 8.71. The SMILES string of the molecule is CCCC(CNC)N(C)Cc1cccc(OC)c1. The Kier molecular flexibility index (Phi) is 6.76. The zero-order chi connectivity index (χ0) is 13.4. The van der Waals surface area contributed by atoms with E-state index < -0.39 is 0 Å². The van der Waals surface area contributed by atoms with Gasteiger partial charge in [0.15, 0.2) is 0 Å². The number of hydrogen-bond donors (Lipinski definition) is 1. The normalized spacial score (nSPS) is 12.7. The van der Waals surface area contributed by atoms with Gasteiger partial charge in [-0.25, -0.2) is 0 Å². The molecule has 102 valence electrons. The van der Waals surface area contributed by atoms with Crippen LogP contribution in [0, 0.1) is 0 Å². The number of nitrogens with zero attached hydrogens (tertiary/aromatic N) is 1. The second-order valence-corrected chi connectivity index (χ2v) is 4.77. The molecule has 18 heavy (non-hydrogen) atoms. The fraction of sp³-hybridized carbons (Fsp3) is 0.600. The van der Waals surface area contributed by atoms with E-state index in [1.807, 2.05) is 13.1 Å². The van der Waals surface area contributed by atoms with Gasteiger partial charge in [-0.2, -0.15) is 0 Å². The Morgan fingerprint density at radius 1 is 1.39 bits per heavy atom. The van der Waals surface area contributed by atoms with Gasteiger partial charge in [0.25, 0.3) is 0 Å². The monoisotopic (exact) mass is 250 g/mol. The number of ether oxygens (including phenoxy) is 1. The summed E-state index contributed by atoms with van der Waals surface area (Å²) in [7, 11) is 5.92. The second kappa shape index (κ2) is 8.11. The number of benzene rings is 1. The van der Waals surface area contributed by atoms with Crippen LogP contribution in [0.4, 0.5) is 0 Å². The first-order valence-electron chi connectivity index (χ1n) is 6.69. The van der Waals surface area contributed by atoms with E-state index in [0.29, 0.717) is 6.04 Å². The van der Waals surface area contributed by atoms with Gasteiger partial charge in [-0.1, -0.05) is 25.5 Å². The fourth-order valence-corrected chi connectivity index (χ4v) is 2.24. The zero-order valence-corrected chi connectivity index (χ0v) is 12.1. The van der Waals surface area contributed by atoms with Gasteiger partial charge in [-0.05, 0) is 38.2 Å². The third-order valence-corrected chi connectivity index (χ3v) is 3.25. The van der Waals surface area contributed by atoms with Crippen molar-refractivity contribution >= 4 is 0 Å². The zero-order valence-electron chi connectivity index (χ0n) is 12.1. The predicted molar refractivity (Wildman–Crippen MR) is 77.1 cm³/mol. The van der Waals surface area contributed by atoms with Crippen molar-refractivity contribution in [3.63, 3.8) is 0 Å². The fourth-order valence-electron chi connectivity index (χ4n) is 2.24. The van der Waals surface area contributed by atoms with Crippen LogP contribution >= 0.6 is 0 Å². The lowest BCUT2D eigenvalue weighted by molar-refractivity contribution is 0.217. The van der Waals surface area contributed by atoms with Crippen LogP contribution in [-0.4, -0.2) is 38.7 Å². The smallest absolute Gasteiger partial charge is 0.119 e. The third kappa shape index (κ3) is 4.67. The van der Waals surface area contributed by atoms with Crippen molar-refractivity contribution in [1.29, 1.82) is 0 Å². The van der Waals surface area contributed by atoms with Crippen LogP contribution in [0.25, 0.3) is 0 Å². The summed E-state index contributed by atoms with van der Waals surface area (Å²) in [6.45, 7) is 4.24. The van der Waals surface area contributed by atoms with Crippen LogP contribution in [0.3, 0.4) is 0 Å². The van der Waals surface area contributed by atoms with Gasteiger partial charge in [0.05, 0.1) is 7.11 Å². The highest BCUT2D eigenvalue weighted by atomic mass is 16.5. The minimum absolute atomic E-state index is 0.589. The lowest BCUT2D eigenvalue weighted by atomic mass is 10.1. The van der Waals surface area contributed by atoms with E-state index in [1.54, 1.807) is 7.11 Å². The van der Waals surface area contributed by atoms with Gasteiger partial charge < -0.3 is 10.1 Å². The van der Waals surface area contributed by atoms with Crippen molar-refractivity contribution in [2.24, 2.45) is 0 Å². The second-order valence-electron chi connectivity index (χ2n) is 4.77. The Hall–Kier alpha value is -1.06. The maximum atomic E-state index is 5.26. The molecule has 0 aliphatic heterocycles. The summed E-state index contributed by atoms with van der Waals surface area (Å²) >= 11 is 0. The summed E-state index contributed by atoms with van der Waals surface area (Å²) in [5, 5.41) is 3.28. The highest BCUT2D eigenvalue weighted by Gasteiger charge is 2.13. The van der Waals surface area contributed by atoms with E-state index in [1.165, 1.54) is 18.4 Å². The maximum absolute atomic E-state index is 5.26. The van der Waals surface area contributed by atoms with Gasteiger partial charge in [-0.3, -0.25) is 4.90 Å². The highest BCUT2D eigenvalue weighted by molar-refractivity contribution is 5.28. The largest absolute Gasteiger partial charge is 0.497 e. The first-order valence-corrected chi connectivity index (χ1v) is 6.69. The number of methoxy groups -OCH3 is 1. The molecule has 0 heterocycles. The van der Waals surface area contributed by atoms with Gasteiger partial charge in [0.1, 0.15) is 5.75 Å². The molecule has 3 nitrogen and oxygen atoms in total. The molecule has 0 saturated carbocycles. The van der Waals surface area contributed by atoms with E-state index in [0.717, 1.165) is 18.8 Å². The molecule has 0 aliphatic carbocycles. The molecule has 0 saturated heterocycles. The molecule has 0 spiro atoms. The number of rotatable bonds is 8. The molecular weight excluding hydrogens is 224 g/mol. The highest BCUT2D eigenvalue weighted by Crippen LogP contribution is 2.15. The lowest BCUT2D eigenvalue weighted by Gasteiger charge is -2.28. The molecule has 3 heteroatoms. The van der Waals surface area contributed by atoms with Gasteiger partial charge >= 0.3 is 0 Å². The molecule has 0 fully saturated rings. The summed E-state index contributed by atoms with van der Waals surface area (Å²) in [6.07, 6.45) is 2.44. The minimum atomic E-state index is 0.589. The van der Waals surface area contributed by atoms with Gasteiger partial charge in [-0.15, -0.1) is 0 Å². The van der Waals surface area contributed by atoms with Crippen LogP contribution in [0.2, 0.25) is 0 Å². The van der Waals surface area contributed by atoms with E-state index in [9.17, 15) is 0 Å². The average Bonchev–Trinajstić information content (AvgIpc) is 2.38. The molecule has 1 aromatic carbocycles. The Labute approximate surface area is 111 Å². The Bertz CT molecular complexity index is 335. The standard InChI is InChI=1S/C15H26N2O/c1-5-7-14(11-16-2)17(3)12-13-8-6-9-15(10-13)18-4/h6,8-10,14,16H,5,7,11-12H2,1-4H3. The van der Waals surface area contributed by atoms with Crippen molar-refractivity contribution in [1.82, 2.24) is 10.2 Å². The number of hydrogen-bond acceptors (Lipinski definition) is 3. The molecule has 0 bridgehead atoms. The van der Waals surface area contributed by atoms with Gasteiger partial charge in [0.2, 0.25) is 0 Å². The number of likely N-dealkylation sites (N-methyl/N-ethyl adjacent to an activating group) is 2. The summed E-state index contributed by atoms with van der Waals surface area (Å²) in [5.74, 6) is 0.932. The van der Waals surface area contributed by atoms with Crippen LogP contribution in [0.5, 0.6) is 5.75 Å². The van der Waals surface area contributed by atoms with Crippen LogP contribution < -0.4 is 10.1 Å². The molecule has 1 N–H and O–H groups in total. The average molecular weight is 250 g/mol. The summed E-state index contributed by atoms with van der Waals surface area (Å²) < 4.78 is 5.26. The van der Waals surface area contributed by atoms with E-state index in [2.05, 4.69) is 42.4 Å². The quantitative estimate of drug-likeness (QED) is 0.767. The lowest BCUT2D eigenvalue weighted by Crippen LogP contribution is -2.38. The van der Waals surface area contributed by atoms with Crippen LogP contribution in [-0.2, 0) is 6.54 Å². The Morgan fingerprint density at radius 3 is 2.78 bits per heavy atom. The molecule has 1 rings (SSSR count). The topological polar surface area (TPSA) is 24.5 Å². The third-order valence-electron chi connectivity index (χ3n) is 3.25. The van der Waals surface area contributed by atoms with E-state index in [-0.39, 0.29) is 0 Å². The maximum Gasteiger partial charge on any atom is 0.119 e. The van der Waals surface area contributed by atoms with Crippen LogP contribution in [0.1, 0.15) is 25.3 Å².